The molecule has 1 fully saturated rings. The molecule has 0 saturated heterocycles. The lowest BCUT2D eigenvalue weighted by atomic mass is 10.2. The van der Waals surface area contributed by atoms with Gasteiger partial charge < -0.3 is 20.3 Å². The molecule has 1 saturated carbocycles. The fraction of sp³-hybridized carbons (Fsp3) is 0.562. The first-order valence-corrected chi connectivity index (χ1v) is 7.63. The molecular weight excluding hydrogens is 266 g/mol. The molecule has 5 heteroatoms. The Labute approximate surface area is 126 Å². The Morgan fingerprint density at radius 1 is 1.33 bits per heavy atom. The van der Waals surface area contributed by atoms with Crippen LogP contribution in [-0.2, 0) is 0 Å². The van der Waals surface area contributed by atoms with Gasteiger partial charge in [0.2, 0.25) is 0 Å². The van der Waals surface area contributed by atoms with Gasteiger partial charge in [-0.3, -0.25) is 0 Å². The summed E-state index contributed by atoms with van der Waals surface area (Å²) in [5.74, 6) is 0.749. The molecule has 0 bridgehead atoms. The summed E-state index contributed by atoms with van der Waals surface area (Å²) in [5, 5.41) is 5.59. The molecule has 0 radical (unpaired) electrons. The maximum Gasteiger partial charge on any atom is 0.319 e. The number of carbonyl (C=O) groups is 1. The highest BCUT2D eigenvalue weighted by Crippen LogP contribution is 2.33. The minimum absolute atomic E-state index is 0.202. The van der Waals surface area contributed by atoms with Crippen LogP contribution in [0.2, 0.25) is 0 Å². The summed E-state index contributed by atoms with van der Waals surface area (Å²) in [7, 11) is 3.98. The number of carbonyl (C=O) groups excluding carboxylic acids is 1. The van der Waals surface area contributed by atoms with Crippen LogP contribution in [-0.4, -0.2) is 32.8 Å². The molecule has 5 nitrogen and oxygen atoms in total. The zero-order valence-corrected chi connectivity index (χ0v) is 13.1. The third kappa shape index (κ3) is 4.28. The Morgan fingerprint density at radius 3 is 2.67 bits per heavy atom. The van der Waals surface area contributed by atoms with Gasteiger partial charge in [0, 0.05) is 32.4 Å². The van der Waals surface area contributed by atoms with Gasteiger partial charge in [0.1, 0.15) is 5.75 Å². The van der Waals surface area contributed by atoms with Crippen molar-refractivity contribution in [2.75, 3.05) is 30.9 Å². The van der Waals surface area contributed by atoms with Crippen LogP contribution in [0.5, 0.6) is 5.75 Å². The summed E-state index contributed by atoms with van der Waals surface area (Å²) in [4.78, 5) is 13.8. The van der Waals surface area contributed by atoms with Crippen molar-refractivity contribution in [2.24, 2.45) is 0 Å². The first kappa shape index (κ1) is 15.5. The highest BCUT2D eigenvalue weighted by atomic mass is 16.5. The second-order valence-corrected chi connectivity index (χ2v) is 5.58. The van der Waals surface area contributed by atoms with Crippen molar-refractivity contribution in [1.82, 2.24) is 5.32 Å². The molecule has 1 aliphatic rings. The largest absolute Gasteiger partial charge is 0.488 e. The topological polar surface area (TPSA) is 53.6 Å². The predicted octanol–water partition coefficient (Wildman–Crippen LogP) is 3.22. The number of ether oxygens (including phenoxy) is 1. The van der Waals surface area contributed by atoms with Gasteiger partial charge in [-0.25, -0.2) is 4.79 Å². The Kier molecular flexibility index (Phi) is 5.31. The second kappa shape index (κ2) is 7.20. The summed E-state index contributed by atoms with van der Waals surface area (Å²) in [6.45, 7) is 2.49. The minimum Gasteiger partial charge on any atom is -0.488 e. The van der Waals surface area contributed by atoms with Crippen LogP contribution in [0.4, 0.5) is 16.2 Å². The molecule has 21 heavy (non-hydrogen) atoms. The number of hydrogen-bond acceptors (Lipinski definition) is 3. The lowest BCUT2D eigenvalue weighted by molar-refractivity contribution is 0.211. The molecule has 0 unspecified atom stereocenters. The van der Waals surface area contributed by atoms with E-state index in [0.717, 1.165) is 30.0 Å². The van der Waals surface area contributed by atoms with Gasteiger partial charge in [0.15, 0.2) is 0 Å². The van der Waals surface area contributed by atoms with E-state index in [1.807, 2.05) is 44.1 Å². The Morgan fingerprint density at radius 2 is 2.05 bits per heavy atom. The van der Waals surface area contributed by atoms with Crippen LogP contribution in [0.3, 0.4) is 0 Å². The first-order chi connectivity index (χ1) is 10.1. The normalized spacial score (nSPS) is 14.8. The van der Waals surface area contributed by atoms with E-state index in [0.29, 0.717) is 6.54 Å². The van der Waals surface area contributed by atoms with Crippen molar-refractivity contribution in [2.45, 2.75) is 38.7 Å². The van der Waals surface area contributed by atoms with Gasteiger partial charge in [-0.05, 0) is 44.7 Å². The number of amides is 2. The average molecular weight is 291 g/mol. The van der Waals surface area contributed by atoms with E-state index in [1.165, 1.54) is 12.8 Å². The molecule has 1 aromatic rings. The van der Waals surface area contributed by atoms with E-state index < -0.39 is 0 Å². The van der Waals surface area contributed by atoms with Crippen LogP contribution in [0.25, 0.3) is 0 Å². The van der Waals surface area contributed by atoms with Gasteiger partial charge in [0.05, 0.1) is 11.8 Å². The summed E-state index contributed by atoms with van der Waals surface area (Å²) in [5.41, 5.74) is 1.78. The number of urea groups is 1. The Balaban J connectivity index is 2.18. The fourth-order valence-electron chi connectivity index (χ4n) is 2.50. The smallest absolute Gasteiger partial charge is 0.319 e. The third-order valence-electron chi connectivity index (χ3n) is 3.66. The third-order valence-corrected chi connectivity index (χ3v) is 3.66. The number of nitrogens with zero attached hydrogens (tertiary/aromatic N) is 1. The monoisotopic (exact) mass is 291 g/mol. The van der Waals surface area contributed by atoms with E-state index >= 15 is 0 Å². The standard InChI is InChI=1S/C16H25N3O2/c1-4-17-16(20)18-14-10-9-12(19(2)3)11-15(14)21-13-7-5-6-8-13/h9-11,13H,4-8H2,1-3H3,(H2,17,18,20). The van der Waals surface area contributed by atoms with E-state index in [9.17, 15) is 4.79 Å². The highest BCUT2D eigenvalue weighted by molar-refractivity contribution is 5.91. The molecule has 1 aliphatic carbocycles. The van der Waals surface area contributed by atoms with Crippen LogP contribution in [0.15, 0.2) is 18.2 Å². The molecule has 0 aliphatic heterocycles. The van der Waals surface area contributed by atoms with E-state index in [1.54, 1.807) is 0 Å². The molecule has 0 aromatic heterocycles. The van der Waals surface area contributed by atoms with Gasteiger partial charge in [-0.15, -0.1) is 0 Å². The van der Waals surface area contributed by atoms with E-state index in [4.69, 9.17) is 4.74 Å². The maximum atomic E-state index is 11.7. The van der Waals surface area contributed by atoms with E-state index in [2.05, 4.69) is 10.6 Å². The molecule has 2 N–H and O–H groups in total. The van der Waals surface area contributed by atoms with Gasteiger partial charge in [0.25, 0.3) is 0 Å². The minimum atomic E-state index is -0.202. The quantitative estimate of drug-likeness (QED) is 0.876. The molecule has 0 spiro atoms. The summed E-state index contributed by atoms with van der Waals surface area (Å²) >= 11 is 0. The molecule has 0 atom stereocenters. The van der Waals surface area contributed by atoms with Crippen molar-refractivity contribution in [3.63, 3.8) is 0 Å². The SMILES string of the molecule is CCNC(=O)Nc1ccc(N(C)C)cc1OC1CCCC1. The van der Waals surface area contributed by atoms with Gasteiger partial charge in [-0.2, -0.15) is 0 Å². The number of rotatable bonds is 5. The van der Waals surface area contributed by atoms with Crippen molar-refractivity contribution in [3.8, 4) is 5.75 Å². The van der Waals surface area contributed by atoms with Crippen LogP contribution in [0, 0.1) is 0 Å². The number of anilines is 2. The summed E-state index contributed by atoms with van der Waals surface area (Å²) in [6, 6.07) is 5.66. The number of benzene rings is 1. The second-order valence-electron chi connectivity index (χ2n) is 5.58. The van der Waals surface area contributed by atoms with Crippen LogP contribution >= 0.6 is 0 Å². The van der Waals surface area contributed by atoms with Crippen LogP contribution < -0.4 is 20.3 Å². The lowest BCUT2D eigenvalue weighted by Crippen LogP contribution is -2.28. The van der Waals surface area contributed by atoms with Crippen molar-refractivity contribution in [3.05, 3.63) is 18.2 Å². The first-order valence-electron chi connectivity index (χ1n) is 7.63. The zero-order chi connectivity index (χ0) is 15.2. The van der Waals surface area contributed by atoms with Crippen molar-refractivity contribution < 1.29 is 9.53 Å². The lowest BCUT2D eigenvalue weighted by Gasteiger charge is -2.20. The molecule has 116 valence electrons. The number of hydrogen-bond donors (Lipinski definition) is 2. The van der Waals surface area contributed by atoms with Crippen molar-refractivity contribution >= 4 is 17.4 Å². The molecule has 1 aromatic carbocycles. The molecule has 0 heterocycles. The van der Waals surface area contributed by atoms with Gasteiger partial charge >= 0.3 is 6.03 Å². The fourth-order valence-corrected chi connectivity index (χ4v) is 2.50. The predicted molar refractivity (Wildman–Crippen MR) is 86.3 cm³/mol. The Bertz CT molecular complexity index is 482. The highest BCUT2D eigenvalue weighted by Gasteiger charge is 2.19. The molecule has 2 amide bonds. The van der Waals surface area contributed by atoms with Crippen molar-refractivity contribution in [1.29, 1.82) is 0 Å². The van der Waals surface area contributed by atoms with E-state index in [-0.39, 0.29) is 12.1 Å². The van der Waals surface area contributed by atoms with Crippen LogP contribution in [0.1, 0.15) is 32.6 Å². The Hall–Kier alpha value is -1.91. The number of nitrogens with one attached hydrogen (secondary N) is 2. The average Bonchev–Trinajstić information content (AvgIpc) is 2.93. The molecule has 2 rings (SSSR count). The van der Waals surface area contributed by atoms with Gasteiger partial charge in [-0.1, -0.05) is 0 Å². The summed E-state index contributed by atoms with van der Waals surface area (Å²) < 4.78 is 6.11. The maximum absolute atomic E-state index is 11.7. The molecular formula is C16H25N3O2. The summed E-state index contributed by atoms with van der Waals surface area (Å²) in [6.07, 6.45) is 4.88. The zero-order valence-electron chi connectivity index (χ0n) is 13.1.